The van der Waals surface area contributed by atoms with Gasteiger partial charge in [0, 0.05) is 18.8 Å². The van der Waals surface area contributed by atoms with E-state index >= 15 is 0 Å². The van der Waals surface area contributed by atoms with Crippen LogP contribution in [0, 0.1) is 13.8 Å². The molecule has 0 radical (unpaired) electrons. The molecule has 1 aromatic heterocycles. The standard InChI is InChI=1S/C16H24N2O4/c1-9-8-18(6-7-22-9)12(4)15(19)14-10(2)13(11(3)17-14)16(20)21-5/h9,12,17H,6-8H2,1-5H3/t9-,12+/m0/s1. The van der Waals surface area contributed by atoms with E-state index in [9.17, 15) is 9.59 Å². The highest BCUT2D eigenvalue weighted by atomic mass is 16.5. The van der Waals surface area contributed by atoms with E-state index in [4.69, 9.17) is 9.47 Å². The Morgan fingerprint density at radius 2 is 2.09 bits per heavy atom. The van der Waals surface area contributed by atoms with Gasteiger partial charge in [0.1, 0.15) is 0 Å². The summed E-state index contributed by atoms with van der Waals surface area (Å²) in [6.07, 6.45) is 0.126. The Labute approximate surface area is 130 Å². The topological polar surface area (TPSA) is 71.6 Å². The Kier molecular flexibility index (Phi) is 5.03. The number of nitrogens with one attached hydrogen (secondary N) is 1. The van der Waals surface area contributed by atoms with Crippen LogP contribution in [0.5, 0.6) is 0 Å². The summed E-state index contributed by atoms with van der Waals surface area (Å²) in [5, 5.41) is 0. The number of H-pyrrole nitrogens is 1. The van der Waals surface area contributed by atoms with Crippen LogP contribution < -0.4 is 0 Å². The van der Waals surface area contributed by atoms with E-state index < -0.39 is 5.97 Å². The Morgan fingerprint density at radius 1 is 1.41 bits per heavy atom. The molecule has 6 heteroatoms. The van der Waals surface area contributed by atoms with Gasteiger partial charge in [0.25, 0.3) is 0 Å². The van der Waals surface area contributed by atoms with Gasteiger partial charge in [-0.25, -0.2) is 4.79 Å². The van der Waals surface area contributed by atoms with Crippen LogP contribution in [-0.4, -0.2) is 60.6 Å². The first-order valence-electron chi connectivity index (χ1n) is 7.54. The number of nitrogens with zero attached hydrogens (tertiary/aromatic N) is 1. The van der Waals surface area contributed by atoms with Gasteiger partial charge in [0.05, 0.1) is 37.1 Å². The van der Waals surface area contributed by atoms with E-state index in [1.54, 1.807) is 13.8 Å². The first-order chi connectivity index (χ1) is 10.4. The second-order valence-corrected chi connectivity index (χ2v) is 5.83. The normalized spacial score (nSPS) is 20.7. The third-order valence-electron chi connectivity index (χ3n) is 4.27. The minimum absolute atomic E-state index is 0.00940. The highest BCUT2D eigenvalue weighted by Gasteiger charge is 2.30. The fourth-order valence-electron chi connectivity index (χ4n) is 2.98. The predicted molar refractivity (Wildman–Crippen MR) is 82.4 cm³/mol. The summed E-state index contributed by atoms with van der Waals surface area (Å²) in [5.74, 6) is -0.428. The zero-order chi connectivity index (χ0) is 16.4. The number of hydrogen-bond donors (Lipinski definition) is 1. The maximum absolute atomic E-state index is 12.8. The van der Waals surface area contributed by atoms with Crippen LogP contribution in [-0.2, 0) is 9.47 Å². The lowest BCUT2D eigenvalue weighted by Gasteiger charge is -2.34. The lowest BCUT2D eigenvalue weighted by molar-refractivity contribution is -0.0278. The fourth-order valence-corrected chi connectivity index (χ4v) is 2.98. The van der Waals surface area contributed by atoms with Crippen molar-refractivity contribution in [3.05, 3.63) is 22.5 Å². The van der Waals surface area contributed by atoms with Crippen molar-refractivity contribution in [2.75, 3.05) is 26.8 Å². The molecule has 22 heavy (non-hydrogen) atoms. The number of hydrogen-bond acceptors (Lipinski definition) is 5. The van der Waals surface area contributed by atoms with Gasteiger partial charge in [0.2, 0.25) is 0 Å². The molecule has 1 aromatic rings. The summed E-state index contributed by atoms with van der Waals surface area (Å²) in [5.41, 5.74) is 2.26. The second-order valence-electron chi connectivity index (χ2n) is 5.83. The lowest BCUT2D eigenvalue weighted by Crippen LogP contribution is -2.48. The number of ketones is 1. The molecule has 0 saturated carbocycles. The van der Waals surface area contributed by atoms with Crippen molar-refractivity contribution in [1.29, 1.82) is 0 Å². The molecule has 0 aliphatic carbocycles. The summed E-state index contributed by atoms with van der Waals surface area (Å²) >= 11 is 0. The minimum atomic E-state index is -0.419. The number of aromatic nitrogens is 1. The molecule has 2 rings (SSSR count). The molecule has 0 amide bonds. The maximum atomic E-state index is 12.8. The average Bonchev–Trinajstić information content (AvgIpc) is 2.80. The monoisotopic (exact) mass is 308 g/mol. The first-order valence-corrected chi connectivity index (χ1v) is 7.54. The van der Waals surface area contributed by atoms with E-state index in [-0.39, 0.29) is 17.9 Å². The molecule has 1 aliphatic heterocycles. The van der Waals surface area contributed by atoms with Gasteiger partial charge < -0.3 is 14.5 Å². The molecule has 0 spiro atoms. The quantitative estimate of drug-likeness (QED) is 0.677. The number of morpholine rings is 1. The Morgan fingerprint density at radius 3 is 2.68 bits per heavy atom. The molecule has 0 unspecified atom stereocenters. The van der Waals surface area contributed by atoms with Gasteiger partial charge in [-0.3, -0.25) is 9.69 Å². The van der Waals surface area contributed by atoms with Crippen LogP contribution in [0.4, 0.5) is 0 Å². The number of Topliss-reactive ketones (excluding diaryl/α,β-unsaturated/α-hetero) is 1. The number of carbonyl (C=O) groups excluding carboxylic acids is 2. The number of methoxy groups -OCH3 is 1. The maximum Gasteiger partial charge on any atom is 0.339 e. The molecule has 1 fully saturated rings. The van der Waals surface area contributed by atoms with Crippen LogP contribution in [0.2, 0.25) is 0 Å². The van der Waals surface area contributed by atoms with Crippen LogP contribution >= 0.6 is 0 Å². The van der Waals surface area contributed by atoms with Gasteiger partial charge in [-0.1, -0.05) is 0 Å². The number of aromatic amines is 1. The van der Waals surface area contributed by atoms with Crippen molar-refractivity contribution < 1.29 is 19.1 Å². The summed E-state index contributed by atoms with van der Waals surface area (Å²) in [6, 6.07) is -0.256. The van der Waals surface area contributed by atoms with Crippen molar-refractivity contribution in [1.82, 2.24) is 9.88 Å². The number of rotatable bonds is 4. The van der Waals surface area contributed by atoms with E-state index in [1.807, 2.05) is 13.8 Å². The molecule has 1 saturated heterocycles. The fraction of sp³-hybridized carbons (Fsp3) is 0.625. The summed E-state index contributed by atoms with van der Waals surface area (Å²) in [7, 11) is 1.34. The lowest BCUT2D eigenvalue weighted by atomic mass is 10.0. The van der Waals surface area contributed by atoms with Crippen LogP contribution in [0.3, 0.4) is 0 Å². The molecule has 1 aliphatic rings. The molecule has 2 heterocycles. The van der Waals surface area contributed by atoms with Crippen LogP contribution in [0.25, 0.3) is 0 Å². The molecule has 122 valence electrons. The summed E-state index contributed by atoms with van der Waals surface area (Å²) in [4.78, 5) is 29.8. The van der Waals surface area contributed by atoms with Crippen molar-refractivity contribution in [2.24, 2.45) is 0 Å². The summed E-state index contributed by atoms with van der Waals surface area (Å²) in [6.45, 7) is 9.55. The van der Waals surface area contributed by atoms with Gasteiger partial charge >= 0.3 is 5.97 Å². The SMILES string of the molecule is COC(=O)c1c(C)[nH]c(C(=O)[C@@H](C)N2CCO[C@@H](C)C2)c1C. The van der Waals surface area contributed by atoms with Gasteiger partial charge in [-0.2, -0.15) is 0 Å². The Bertz CT molecular complexity index is 579. The van der Waals surface area contributed by atoms with Gasteiger partial charge in [0.15, 0.2) is 5.78 Å². The molecular formula is C16H24N2O4. The smallest absolute Gasteiger partial charge is 0.339 e. The van der Waals surface area contributed by atoms with Gasteiger partial charge in [-0.05, 0) is 33.3 Å². The predicted octanol–water partition coefficient (Wildman–Crippen LogP) is 1.71. The number of aryl methyl sites for hydroxylation is 1. The average molecular weight is 308 g/mol. The molecule has 2 atom stereocenters. The van der Waals surface area contributed by atoms with Crippen molar-refractivity contribution in [3.8, 4) is 0 Å². The molecular weight excluding hydrogens is 284 g/mol. The van der Waals surface area contributed by atoms with Crippen molar-refractivity contribution in [3.63, 3.8) is 0 Å². The molecule has 0 bridgehead atoms. The number of esters is 1. The first kappa shape index (κ1) is 16.7. The van der Waals surface area contributed by atoms with Crippen molar-refractivity contribution >= 4 is 11.8 Å². The molecule has 0 aromatic carbocycles. The third-order valence-corrected chi connectivity index (χ3v) is 4.27. The molecule has 1 N–H and O–H groups in total. The zero-order valence-electron chi connectivity index (χ0n) is 13.9. The highest BCUT2D eigenvalue weighted by Crippen LogP contribution is 2.22. The van der Waals surface area contributed by atoms with E-state index in [0.29, 0.717) is 29.1 Å². The van der Waals surface area contributed by atoms with Gasteiger partial charge in [-0.15, -0.1) is 0 Å². The third kappa shape index (κ3) is 3.08. The largest absolute Gasteiger partial charge is 0.465 e. The molecule has 6 nitrogen and oxygen atoms in total. The minimum Gasteiger partial charge on any atom is -0.465 e. The second kappa shape index (κ2) is 6.62. The number of ether oxygens (including phenoxy) is 2. The zero-order valence-corrected chi connectivity index (χ0v) is 13.9. The Balaban J connectivity index is 2.24. The van der Waals surface area contributed by atoms with Crippen molar-refractivity contribution in [2.45, 2.75) is 39.8 Å². The van der Waals surface area contributed by atoms with Crippen LogP contribution in [0.1, 0.15) is 46.0 Å². The Hall–Kier alpha value is -1.66. The van der Waals surface area contributed by atoms with Crippen LogP contribution in [0.15, 0.2) is 0 Å². The summed E-state index contributed by atoms with van der Waals surface area (Å²) < 4.78 is 10.3. The van der Waals surface area contributed by atoms with E-state index in [0.717, 1.165) is 13.1 Å². The van der Waals surface area contributed by atoms with E-state index in [2.05, 4.69) is 9.88 Å². The number of carbonyl (C=O) groups is 2. The highest BCUT2D eigenvalue weighted by molar-refractivity contribution is 6.03. The van der Waals surface area contributed by atoms with E-state index in [1.165, 1.54) is 7.11 Å².